The van der Waals surface area contributed by atoms with Crippen LogP contribution < -0.4 is 10.1 Å². The van der Waals surface area contributed by atoms with Crippen LogP contribution in [-0.2, 0) is 20.7 Å². The van der Waals surface area contributed by atoms with Crippen molar-refractivity contribution in [1.82, 2.24) is 5.32 Å². The predicted molar refractivity (Wildman–Crippen MR) is 101 cm³/mol. The fourth-order valence-electron chi connectivity index (χ4n) is 2.26. The lowest BCUT2D eigenvalue weighted by atomic mass is 10.1. The minimum absolute atomic E-state index is 0.0772. The zero-order valence-electron chi connectivity index (χ0n) is 15.4. The van der Waals surface area contributed by atoms with Crippen molar-refractivity contribution in [3.63, 3.8) is 0 Å². The molecule has 148 valence electrons. The van der Waals surface area contributed by atoms with Gasteiger partial charge in [0.25, 0.3) is 5.91 Å². The van der Waals surface area contributed by atoms with Gasteiger partial charge in [0, 0.05) is 12.6 Å². The summed E-state index contributed by atoms with van der Waals surface area (Å²) in [5.74, 6) is -0.950. The minimum Gasteiger partial charge on any atom is -0.452 e. The summed E-state index contributed by atoms with van der Waals surface area (Å²) < 4.78 is 33.3. The molecule has 0 aromatic heterocycles. The SMILES string of the molecule is Cc1ccc(/C=C/C(=O)OCC(=O)NCCc2ccc(OC(F)F)cc2)cc1. The van der Waals surface area contributed by atoms with E-state index in [0.29, 0.717) is 13.0 Å². The van der Waals surface area contributed by atoms with Crippen LogP contribution in [0.2, 0.25) is 0 Å². The van der Waals surface area contributed by atoms with Gasteiger partial charge in [0.2, 0.25) is 0 Å². The molecule has 0 saturated carbocycles. The van der Waals surface area contributed by atoms with E-state index in [9.17, 15) is 18.4 Å². The smallest absolute Gasteiger partial charge is 0.387 e. The average Bonchev–Trinajstić information content (AvgIpc) is 2.67. The van der Waals surface area contributed by atoms with E-state index in [4.69, 9.17) is 4.74 Å². The van der Waals surface area contributed by atoms with E-state index in [1.165, 1.54) is 18.2 Å². The van der Waals surface area contributed by atoms with Crippen LogP contribution in [0, 0.1) is 6.92 Å². The Morgan fingerprint density at radius 2 is 1.75 bits per heavy atom. The normalized spacial score (nSPS) is 10.9. The third kappa shape index (κ3) is 7.99. The summed E-state index contributed by atoms with van der Waals surface area (Å²) >= 11 is 0. The molecule has 0 fully saturated rings. The Bertz CT molecular complexity index is 802. The molecule has 5 nitrogen and oxygen atoms in total. The van der Waals surface area contributed by atoms with Gasteiger partial charge in [-0.3, -0.25) is 4.79 Å². The van der Waals surface area contributed by atoms with Gasteiger partial charge in [0.1, 0.15) is 5.75 Å². The van der Waals surface area contributed by atoms with Crippen LogP contribution in [0.25, 0.3) is 6.08 Å². The van der Waals surface area contributed by atoms with Gasteiger partial charge in [-0.2, -0.15) is 8.78 Å². The van der Waals surface area contributed by atoms with Crippen molar-refractivity contribution in [2.75, 3.05) is 13.2 Å². The molecule has 2 aromatic rings. The first kappa shape index (κ1) is 21.1. The highest BCUT2D eigenvalue weighted by Crippen LogP contribution is 2.15. The van der Waals surface area contributed by atoms with Gasteiger partial charge in [-0.1, -0.05) is 42.0 Å². The van der Waals surface area contributed by atoms with Crippen LogP contribution in [0.5, 0.6) is 5.75 Å². The molecule has 2 rings (SSSR count). The maximum Gasteiger partial charge on any atom is 0.387 e. The highest BCUT2D eigenvalue weighted by molar-refractivity contribution is 5.89. The van der Waals surface area contributed by atoms with Crippen molar-refractivity contribution in [1.29, 1.82) is 0 Å². The lowest BCUT2D eigenvalue weighted by molar-refractivity contribution is -0.143. The Morgan fingerprint density at radius 3 is 2.39 bits per heavy atom. The van der Waals surface area contributed by atoms with Crippen molar-refractivity contribution in [3.05, 3.63) is 71.3 Å². The number of rotatable bonds is 9. The molecule has 28 heavy (non-hydrogen) atoms. The largest absolute Gasteiger partial charge is 0.452 e. The molecular weight excluding hydrogens is 368 g/mol. The lowest BCUT2D eigenvalue weighted by Gasteiger charge is -2.07. The molecule has 0 unspecified atom stereocenters. The molecule has 0 aliphatic heterocycles. The number of hydrogen-bond acceptors (Lipinski definition) is 4. The highest BCUT2D eigenvalue weighted by Gasteiger charge is 2.06. The number of nitrogens with one attached hydrogen (secondary N) is 1. The molecule has 0 bridgehead atoms. The second kappa shape index (κ2) is 10.8. The minimum atomic E-state index is -2.86. The second-order valence-corrected chi connectivity index (χ2v) is 5.97. The molecule has 0 saturated heterocycles. The van der Waals surface area contributed by atoms with Gasteiger partial charge in [0.05, 0.1) is 0 Å². The molecule has 7 heteroatoms. The van der Waals surface area contributed by atoms with Crippen molar-refractivity contribution < 1.29 is 27.8 Å². The number of alkyl halides is 2. The maximum absolute atomic E-state index is 12.1. The van der Waals surface area contributed by atoms with E-state index < -0.39 is 18.5 Å². The fourth-order valence-corrected chi connectivity index (χ4v) is 2.26. The predicted octanol–water partition coefficient (Wildman–Crippen LogP) is 3.51. The third-order valence-electron chi connectivity index (χ3n) is 3.72. The first-order valence-corrected chi connectivity index (χ1v) is 8.64. The Kier molecular flexibility index (Phi) is 8.14. The highest BCUT2D eigenvalue weighted by atomic mass is 19.3. The Labute approximate surface area is 162 Å². The van der Waals surface area contributed by atoms with Gasteiger partial charge in [-0.15, -0.1) is 0 Å². The van der Waals surface area contributed by atoms with Gasteiger partial charge in [-0.05, 0) is 42.7 Å². The number of ether oxygens (including phenoxy) is 2. The molecule has 0 aliphatic rings. The molecule has 1 amide bonds. The van der Waals surface area contributed by atoms with Gasteiger partial charge < -0.3 is 14.8 Å². The monoisotopic (exact) mass is 389 g/mol. The van der Waals surface area contributed by atoms with E-state index >= 15 is 0 Å². The molecule has 0 spiro atoms. The molecule has 0 radical (unpaired) electrons. The van der Waals surface area contributed by atoms with E-state index in [2.05, 4.69) is 10.1 Å². The zero-order valence-corrected chi connectivity index (χ0v) is 15.4. The Hall–Kier alpha value is -3.22. The van der Waals surface area contributed by atoms with Crippen LogP contribution >= 0.6 is 0 Å². The summed E-state index contributed by atoms with van der Waals surface area (Å²) in [5.41, 5.74) is 2.82. The first-order valence-electron chi connectivity index (χ1n) is 8.64. The Morgan fingerprint density at radius 1 is 1.07 bits per heavy atom. The van der Waals surface area contributed by atoms with Crippen LogP contribution in [-0.4, -0.2) is 31.6 Å². The molecule has 0 heterocycles. The number of halogens is 2. The molecule has 2 aromatic carbocycles. The van der Waals surface area contributed by atoms with Crippen LogP contribution in [0.15, 0.2) is 54.6 Å². The van der Waals surface area contributed by atoms with E-state index in [-0.39, 0.29) is 12.4 Å². The van der Waals surface area contributed by atoms with Gasteiger partial charge in [-0.25, -0.2) is 4.79 Å². The molecule has 0 aliphatic carbocycles. The number of esters is 1. The topological polar surface area (TPSA) is 64.6 Å². The van der Waals surface area contributed by atoms with Crippen molar-refractivity contribution in [2.24, 2.45) is 0 Å². The second-order valence-electron chi connectivity index (χ2n) is 5.97. The summed E-state index contributed by atoms with van der Waals surface area (Å²) in [6.45, 7) is -0.945. The zero-order chi connectivity index (χ0) is 20.4. The summed E-state index contributed by atoms with van der Waals surface area (Å²) in [6, 6.07) is 13.8. The fraction of sp³-hybridized carbons (Fsp3) is 0.238. The summed E-state index contributed by atoms with van der Waals surface area (Å²) in [4.78, 5) is 23.3. The van der Waals surface area contributed by atoms with Crippen molar-refractivity contribution >= 4 is 18.0 Å². The number of carbonyl (C=O) groups is 2. The summed E-state index contributed by atoms with van der Waals surface area (Å²) in [6.07, 6.45) is 3.38. The van der Waals surface area contributed by atoms with E-state index in [1.54, 1.807) is 18.2 Å². The van der Waals surface area contributed by atoms with Crippen LogP contribution in [0.4, 0.5) is 8.78 Å². The number of carbonyl (C=O) groups excluding carboxylic acids is 2. The number of amides is 1. The van der Waals surface area contributed by atoms with Crippen LogP contribution in [0.3, 0.4) is 0 Å². The molecular formula is C21H21F2NO4. The number of hydrogen-bond donors (Lipinski definition) is 1. The van der Waals surface area contributed by atoms with E-state index in [1.807, 2.05) is 31.2 Å². The number of aryl methyl sites for hydroxylation is 1. The van der Waals surface area contributed by atoms with Gasteiger partial charge in [0.15, 0.2) is 6.61 Å². The Balaban J connectivity index is 1.65. The standard InChI is InChI=1S/C21H21F2NO4/c1-15-2-4-16(5-3-15)8-11-20(26)27-14-19(25)24-13-12-17-6-9-18(10-7-17)28-21(22)23/h2-11,21H,12-14H2,1H3,(H,24,25)/b11-8+. The first-order chi connectivity index (χ1) is 13.4. The molecule has 0 atom stereocenters. The maximum atomic E-state index is 12.1. The number of benzene rings is 2. The quantitative estimate of drug-likeness (QED) is 0.527. The van der Waals surface area contributed by atoms with Crippen molar-refractivity contribution in [3.8, 4) is 5.75 Å². The average molecular weight is 389 g/mol. The third-order valence-corrected chi connectivity index (χ3v) is 3.72. The van der Waals surface area contributed by atoms with Crippen molar-refractivity contribution in [2.45, 2.75) is 20.0 Å². The van der Waals surface area contributed by atoms with E-state index in [0.717, 1.165) is 16.7 Å². The van der Waals surface area contributed by atoms with Crippen LogP contribution in [0.1, 0.15) is 16.7 Å². The lowest BCUT2D eigenvalue weighted by Crippen LogP contribution is -2.30. The summed E-state index contributed by atoms with van der Waals surface area (Å²) in [5, 5.41) is 2.62. The summed E-state index contributed by atoms with van der Waals surface area (Å²) in [7, 11) is 0. The molecule has 1 N–H and O–H groups in total. The van der Waals surface area contributed by atoms with Gasteiger partial charge >= 0.3 is 12.6 Å².